The van der Waals surface area contributed by atoms with E-state index in [1.807, 2.05) is 30.3 Å². The lowest BCUT2D eigenvalue weighted by atomic mass is 10.2. The van der Waals surface area contributed by atoms with Crippen LogP contribution in [0.2, 0.25) is 0 Å². The first-order chi connectivity index (χ1) is 9.58. The van der Waals surface area contributed by atoms with E-state index >= 15 is 0 Å². The van der Waals surface area contributed by atoms with Crippen LogP contribution in [0.5, 0.6) is 0 Å². The van der Waals surface area contributed by atoms with Crippen LogP contribution in [-0.2, 0) is 0 Å². The molecule has 0 amide bonds. The molecule has 0 aliphatic heterocycles. The van der Waals surface area contributed by atoms with Crippen molar-refractivity contribution in [1.82, 2.24) is 9.97 Å². The summed E-state index contributed by atoms with van der Waals surface area (Å²) < 4.78 is 1.06. The van der Waals surface area contributed by atoms with Crippen LogP contribution in [0, 0.1) is 0 Å². The third-order valence-corrected chi connectivity index (χ3v) is 3.26. The van der Waals surface area contributed by atoms with Gasteiger partial charge in [0.15, 0.2) is 0 Å². The van der Waals surface area contributed by atoms with Crippen LogP contribution in [-0.4, -0.2) is 16.5 Å². The minimum atomic E-state index is 0.291. The van der Waals surface area contributed by atoms with Gasteiger partial charge in [0.1, 0.15) is 17.5 Å². The highest BCUT2D eigenvalue weighted by atomic mass is 79.9. The van der Waals surface area contributed by atoms with Crippen LogP contribution < -0.4 is 10.6 Å². The van der Waals surface area contributed by atoms with Crippen molar-refractivity contribution in [3.05, 3.63) is 40.6 Å². The van der Waals surface area contributed by atoms with Crippen molar-refractivity contribution in [2.24, 2.45) is 0 Å². The molecule has 0 fully saturated rings. The molecule has 4 nitrogen and oxygen atoms in total. The van der Waals surface area contributed by atoms with E-state index in [1.54, 1.807) is 0 Å². The summed E-state index contributed by atoms with van der Waals surface area (Å²) in [5, 5.41) is 6.55. The number of rotatable bonds is 5. The Morgan fingerprint density at radius 2 is 1.75 bits per heavy atom. The molecule has 2 aromatic rings. The molecule has 0 spiro atoms. The molecule has 0 unspecified atom stereocenters. The lowest BCUT2D eigenvalue weighted by molar-refractivity contribution is 0.777. The molecule has 106 valence electrons. The van der Waals surface area contributed by atoms with Gasteiger partial charge in [0.25, 0.3) is 0 Å². The van der Waals surface area contributed by atoms with E-state index in [2.05, 4.69) is 57.3 Å². The lowest BCUT2D eigenvalue weighted by Crippen LogP contribution is -2.07. The molecule has 0 aliphatic carbocycles. The molecule has 20 heavy (non-hydrogen) atoms. The minimum Gasteiger partial charge on any atom is -0.370 e. The van der Waals surface area contributed by atoms with E-state index in [-0.39, 0.29) is 0 Å². The van der Waals surface area contributed by atoms with Gasteiger partial charge >= 0.3 is 0 Å². The highest BCUT2D eigenvalue weighted by Gasteiger charge is 2.08. The molecule has 0 saturated heterocycles. The van der Waals surface area contributed by atoms with Crippen LogP contribution in [0.1, 0.15) is 32.5 Å². The fraction of sp³-hybridized carbons (Fsp3) is 0.333. The normalized spacial score (nSPS) is 10.7. The van der Waals surface area contributed by atoms with Gasteiger partial charge in [0.2, 0.25) is 0 Å². The first-order valence-electron chi connectivity index (χ1n) is 6.74. The Kier molecular flexibility index (Phi) is 4.95. The zero-order valence-corrected chi connectivity index (χ0v) is 13.5. The zero-order valence-electron chi connectivity index (χ0n) is 11.9. The number of hydrogen-bond acceptors (Lipinski definition) is 4. The first-order valence-corrected chi connectivity index (χ1v) is 7.53. The summed E-state index contributed by atoms with van der Waals surface area (Å²) in [4.78, 5) is 9.07. The maximum absolute atomic E-state index is 4.56. The minimum absolute atomic E-state index is 0.291. The van der Waals surface area contributed by atoms with E-state index in [9.17, 15) is 0 Å². The number of benzene rings is 1. The van der Waals surface area contributed by atoms with Gasteiger partial charge in [0, 0.05) is 28.7 Å². The van der Waals surface area contributed by atoms with Gasteiger partial charge in [-0.3, -0.25) is 0 Å². The van der Waals surface area contributed by atoms with E-state index in [0.717, 1.165) is 34.2 Å². The molecule has 2 N–H and O–H groups in total. The molecule has 1 aromatic carbocycles. The fourth-order valence-electron chi connectivity index (χ4n) is 1.74. The predicted molar refractivity (Wildman–Crippen MR) is 87.7 cm³/mol. The first kappa shape index (κ1) is 14.8. The van der Waals surface area contributed by atoms with Crippen molar-refractivity contribution in [3.8, 4) is 0 Å². The molecule has 1 heterocycles. The molecule has 5 heteroatoms. The van der Waals surface area contributed by atoms with Crippen LogP contribution in [0.4, 0.5) is 17.3 Å². The van der Waals surface area contributed by atoms with E-state index in [1.165, 1.54) is 0 Å². The van der Waals surface area contributed by atoms with E-state index in [0.29, 0.717) is 5.92 Å². The van der Waals surface area contributed by atoms with E-state index in [4.69, 9.17) is 0 Å². The van der Waals surface area contributed by atoms with Gasteiger partial charge in [-0.15, -0.1) is 0 Å². The Hall–Kier alpha value is -1.62. The summed E-state index contributed by atoms with van der Waals surface area (Å²) in [6, 6.07) is 9.94. The summed E-state index contributed by atoms with van der Waals surface area (Å²) in [6.07, 6.45) is 0. The Morgan fingerprint density at radius 3 is 2.35 bits per heavy atom. The number of hydrogen-bond donors (Lipinski definition) is 2. The number of nitrogens with zero attached hydrogens (tertiary/aromatic N) is 2. The van der Waals surface area contributed by atoms with Gasteiger partial charge in [-0.2, -0.15) is 0 Å². The van der Waals surface area contributed by atoms with Crippen LogP contribution in [0.25, 0.3) is 0 Å². The van der Waals surface area contributed by atoms with Crippen molar-refractivity contribution in [2.45, 2.75) is 26.7 Å². The van der Waals surface area contributed by atoms with E-state index < -0.39 is 0 Å². The van der Waals surface area contributed by atoms with Crippen molar-refractivity contribution < 1.29 is 0 Å². The highest BCUT2D eigenvalue weighted by molar-refractivity contribution is 9.10. The quantitative estimate of drug-likeness (QED) is 0.842. The second-order valence-corrected chi connectivity index (χ2v) is 5.73. The number of nitrogens with one attached hydrogen (secondary N) is 2. The van der Waals surface area contributed by atoms with Gasteiger partial charge in [0.05, 0.1) is 0 Å². The number of aromatic nitrogens is 2. The molecule has 0 radical (unpaired) electrons. The summed E-state index contributed by atoms with van der Waals surface area (Å²) in [5.74, 6) is 2.79. The largest absolute Gasteiger partial charge is 0.370 e. The van der Waals surface area contributed by atoms with Crippen LogP contribution >= 0.6 is 15.9 Å². The van der Waals surface area contributed by atoms with Crippen LogP contribution in [0.15, 0.2) is 34.8 Å². The zero-order chi connectivity index (χ0) is 14.5. The summed E-state index contributed by atoms with van der Waals surface area (Å²) >= 11 is 3.43. The molecule has 2 rings (SSSR count). The summed E-state index contributed by atoms with van der Waals surface area (Å²) in [6.45, 7) is 7.08. The fourth-order valence-corrected chi connectivity index (χ4v) is 2.01. The van der Waals surface area contributed by atoms with Crippen molar-refractivity contribution in [3.63, 3.8) is 0 Å². The molecule has 0 saturated carbocycles. The average molecular weight is 335 g/mol. The number of halogens is 1. The monoisotopic (exact) mass is 334 g/mol. The molecule has 1 aromatic heterocycles. The van der Waals surface area contributed by atoms with Crippen molar-refractivity contribution >= 4 is 33.3 Å². The lowest BCUT2D eigenvalue weighted by Gasteiger charge is -2.12. The summed E-state index contributed by atoms with van der Waals surface area (Å²) in [7, 11) is 0. The highest BCUT2D eigenvalue weighted by Crippen LogP contribution is 2.21. The second-order valence-electron chi connectivity index (χ2n) is 4.81. The average Bonchev–Trinajstić information content (AvgIpc) is 2.41. The molecule has 0 aliphatic rings. The van der Waals surface area contributed by atoms with Crippen LogP contribution in [0.3, 0.4) is 0 Å². The van der Waals surface area contributed by atoms with Gasteiger partial charge in [-0.1, -0.05) is 29.8 Å². The van der Waals surface area contributed by atoms with Gasteiger partial charge < -0.3 is 10.6 Å². The molecule has 0 atom stereocenters. The third-order valence-electron chi connectivity index (χ3n) is 2.73. The summed E-state index contributed by atoms with van der Waals surface area (Å²) in [5.41, 5.74) is 1.00. The number of anilines is 3. The van der Waals surface area contributed by atoms with Gasteiger partial charge in [-0.25, -0.2) is 9.97 Å². The van der Waals surface area contributed by atoms with Crippen molar-refractivity contribution in [2.75, 3.05) is 17.2 Å². The smallest absolute Gasteiger partial charge is 0.136 e. The van der Waals surface area contributed by atoms with Crippen molar-refractivity contribution in [1.29, 1.82) is 0 Å². The standard InChI is InChI=1S/C15H19BrN4/c1-4-17-13-9-14(20-15(19-13)10(2)3)18-12-7-5-11(16)6-8-12/h5-10H,4H2,1-3H3,(H2,17,18,19,20). The Morgan fingerprint density at radius 1 is 1.10 bits per heavy atom. The van der Waals surface area contributed by atoms with Gasteiger partial charge in [-0.05, 0) is 31.2 Å². The third kappa shape index (κ3) is 3.93. The Balaban J connectivity index is 2.27. The maximum atomic E-state index is 4.56. The second kappa shape index (κ2) is 6.70. The maximum Gasteiger partial charge on any atom is 0.136 e. The molecular weight excluding hydrogens is 316 g/mol. The predicted octanol–water partition coefficient (Wildman–Crippen LogP) is 4.54. The Bertz CT molecular complexity index is 567. The topological polar surface area (TPSA) is 49.8 Å². The SMILES string of the molecule is CCNc1cc(Nc2ccc(Br)cc2)nc(C(C)C)n1. The Labute approximate surface area is 128 Å². The molecular formula is C15H19BrN4. The molecule has 0 bridgehead atoms.